The van der Waals surface area contributed by atoms with Crippen LogP contribution in [0, 0.1) is 11.8 Å². The maximum Gasteiger partial charge on any atom is 0.337 e. The molecule has 1 heterocycles. The Morgan fingerprint density at radius 1 is 1.03 bits per heavy atom. The van der Waals surface area contributed by atoms with E-state index in [2.05, 4.69) is 11.4 Å². The van der Waals surface area contributed by atoms with E-state index in [1.54, 1.807) is 0 Å². The highest BCUT2D eigenvalue weighted by Crippen LogP contribution is 2.43. The van der Waals surface area contributed by atoms with Crippen molar-refractivity contribution >= 4 is 11.9 Å². The molecule has 0 unspecified atom stereocenters. The molecule has 2 aromatic carbocycles. The lowest BCUT2D eigenvalue weighted by molar-refractivity contribution is -0.161. The largest absolute Gasteiger partial charge is 0.471 e. The van der Waals surface area contributed by atoms with E-state index in [4.69, 9.17) is 14.2 Å². The molecule has 1 N–H and O–H groups in total. The van der Waals surface area contributed by atoms with Crippen molar-refractivity contribution in [2.45, 2.75) is 32.2 Å². The van der Waals surface area contributed by atoms with Gasteiger partial charge < -0.3 is 19.5 Å². The lowest BCUT2D eigenvalue weighted by Crippen LogP contribution is -2.39. The minimum absolute atomic E-state index is 0.00887. The van der Waals surface area contributed by atoms with E-state index in [1.165, 1.54) is 13.4 Å². The number of ether oxygens (including phenoxy) is 3. The second kappa shape index (κ2) is 11.0. The number of hydrogen-bond acceptors (Lipinski definition) is 5. The Morgan fingerprint density at radius 3 is 2.42 bits per heavy atom. The first kappa shape index (κ1) is 22.8. The highest BCUT2D eigenvalue weighted by molar-refractivity contribution is 5.89. The Hall–Kier alpha value is -3.38. The lowest BCUT2D eigenvalue weighted by Gasteiger charge is -2.35. The molecule has 172 valence electrons. The molecule has 33 heavy (non-hydrogen) atoms. The lowest BCUT2D eigenvalue weighted by atomic mass is 9.83. The predicted molar refractivity (Wildman–Crippen MR) is 124 cm³/mol. The van der Waals surface area contributed by atoms with Gasteiger partial charge in [-0.15, -0.1) is 0 Å². The van der Waals surface area contributed by atoms with Gasteiger partial charge in [0.05, 0.1) is 31.5 Å². The fraction of sp³-hybridized carbons (Fsp3) is 0.333. The van der Waals surface area contributed by atoms with Crippen molar-refractivity contribution < 1.29 is 23.8 Å². The zero-order valence-corrected chi connectivity index (χ0v) is 18.7. The molecule has 3 atom stereocenters. The van der Waals surface area contributed by atoms with Crippen molar-refractivity contribution in [3.8, 4) is 0 Å². The molecule has 0 saturated heterocycles. The van der Waals surface area contributed by atoms with Gasteiger partial charge in [-0.25, -0.2) is 4.79 Å². The standard InChI is InChI=1S/C27H29NO5/c1-31-26(30)23-18-33-27(32-17-20-10-6-3-7-11-20)25-21(13-14-22(23)25)16-28-24(29)15-12-19-8-4-2-5-9-19/h2-11,13,18,22,25,27H,12,14-17H2,1H3,(H,28,29)/t22-,25-,27-/m1/s1. The minimum Gasteiger partial charge on any atom is -0.471 e. The van der Waals surface area contributed by atoms with Gasteiger partial charge in [0.1, 0.15) is 0 Å². The van der Waals surface area contributed by atoms with E-state index in [9.17, 15) is 9.59 Å². The summed E-state index contributed by atoms with van der Waals surface area (Å²) >= 11 is 0. The van der Waals surface area contributed by atoms with Crippen LogP contribution in [0.5, 0.6) is 0 Å². The van der Waals surface area contributed by atoms with Crippen molar-refractivity contribution in [2.75, 3.05) is 13.7 Å². The average molecular weight is 448 g/mol. The summed E-state index contributed by atoms with van der Waals surface area (Å²) in [4.78, 5) is 24.7. The van der Waals surface area contributed by atoms with E-state index in [1.807, 2.05) is 60.7 Å². The molecule has 0 saturated carbocycles. The van der Waals surface area contributed by atoms with Crippen LogP contribution < -0.4 is 5.32 Å². The number of aryl methyl sites for hydroxylation is 1. The highest BCUT2D eigenvalue weighted by Gasteiger charge is 2.44. The fourth-order valence-corrected chi connectivity index (χ4v) is 4.41. The van der Waals surface area contributed by atoms with Gasteiger partial charge in [0.15, 0.2) is 0 Å². The van der Waals surface area contributed by atoms with Gasteiger partial charge in [-0.2, -0.15) is 0 Å². The van der Waals surface area contributed by atoms with Gasteiger partial charge in [0.25, 0.3) is 0 Å². The molecule has 6 heteroatoms. The molecular weight excluding hydrogens is 418 g/mol. The Bertz CT molecular complexity index is 1020. The number of esters is 1. The van der Waals surface area contributed by atoms with E-state index in [0.29, 0.717) is 38.0 Å². The molecule has 0 spiro atoms. The molecule has 4 rings (SSSR count). The second-order valence-electron chi connectivity index (χ2n) is 8.28. The summed E-state index contributed by atoms with van der Waals surface area (Å²) in [6.07, 6.45) is 4.80. The second-order valence-corrected chi connectivity index (χ2v) is 8.28. The van der Waals surface area contributed by atoms with Crippen LogP contribution in [0.2, 0.25) is 0 Å². The van der Waals surface area contributed by atoms with Crippen LogP contribution in [0.25, 0.3) is 0 Å². The van der Waals surface area contributed by atoms with Crippen molar-refractivity contribution in [1.82, 2.24) is 5.32 Å². The number of fused-ring (bicyclic) bond motifs is 1. The van der Waals surface area contributed by atoms with Crippen molar-refractivity contribution in [3.63, 3.8) is 0 Å². The maximum atomic E-state index is 12.5. The van der Waals surface area contributed by atoms with Gasteiger partial charge in [0.2, 0.25) is 12.2 Å². The fourth-order valence-electron chi connectivity index (χ4n) is 4.41. The molecule has 0 radical (unpaired) electrons. The van der Waals surface area contributed by atoms with Gasteiger partial charge in [-0.1, -0.05) is 66.7 Å². The molecule has 1 amide bonds. The zero-order chi connectivity index (χ0) is 23.0. The first-order valence-corrected chi connectivity index (χ1v) is 11.2. The van der Waals surface area contributed by atoms with Crippen LogP contribution in [0.15, 0.2) is 84.1 Å². The number of carbonyl (C=O) groups is 2. The molecule has 1 aliphatic carbocycles. The van der Waals surface area contributed by atoms with Crippen LogP contribution in [0.1, 0.15) is 24.0 Å². The maximum absolute atomic E-state index is 12.5. The number of nitrogens with one attached hydrogen (secondary N) is 1. The minimum atomic E-state index is -0.543. The number of hydrogen-bond donors (Lipinski definition) is 1. The van der Waals surface area contributed by atoms with E-state index in [-0.39, 0.29) is 17.7 Å². The summed E-state index contributed by atoms with van der Waals surface area (Å²) in [5.74, 6) is -0.663. The molecule has 1 aliphatic heterocycles. The van der Waals surface area contributed by atoms with Gasteiger partial charge in [-0.3, -0.25) is 4.79 Å². The third-order valence-corrected chi connectivity index (χ3v) is 6.17. The van der Waals surface area contributed by atoms with Crippen LogP contribution in [0.3, 0.4) is 0 Å². The average Bonchev–Trinajstić information content (AvgIpc) is 3.30. The number of benzene rings is 2. The summed E-state index contributed by atoms with van der Waals surface area (Å²) in [5.41, 5.74) is 3.69. The first-order valence-electron chi connectivity index (χ1n) is 11.2. The number of rotatable bonds is 9. The molecule has 6 nitrogen and oxygen atoms in total. The number of carbonyl (C=O) groups excluding carboxylic acids is 2. The van der Waals surface area contributed by atoms with E-state index < -0.39 is 12.3 Å². The quantitative estimate of drug-likeness (QED) is 0.466. The van der Waals surface area contributed by atoms with Crippen LogP contribution in [-0.2, 0) is 36.8 Å². The summed E-state index contributed by atoms with van der Waals surface area (Å²) in [6, 6.07) is 19.8. The molecule has 2 aliphatic rings. The molecule has 0 aromatic heterocycles. The summed E-state index contributed by atoms with van der Waals surface area (Å²) in [7, 11) is 1.37. The van der Waals surface area contributed by atoms with Gasteiger partial charge in [0, 0.05) is 18.9 Å². The predicted octanol–water partition coefficient (Wildman–Crippen LogP) is 3.93. The Morgan fingerprint density at radius 2 is 1.73 bits per heavy atom. The number of allylic oxidation sites excluding steroid dienone is 1. The Kier molecular flexibility index (Phi) is 7.58. The first-order chi connectivity index (χ1) is 16.2. The van der Waals surface area contributed by atoms with Crippen molar-refractivity contribution in [3.05, 3.63) is 95.3 Å². The Labute approximate surface area is 194 Å². The summed E-state index contributed by atoms with van der Waals surface area (Å²) in [5, 5.41) is 3.03. The monoisotopic (exact) mass is 447 g/mol. The number of amides is 1. The van der Waals surface area contributed by atoms with E-state index in [0.717, 1.165) is 16.7 Å². The highest BCUT2D eigenvalue weighted by atomic mass is 16.7. The third-order valence-electron chi connectivity index (χ3n) is 6.17. The molecule has 2 aromatic rings. The third kappa shape index (κ3) is 5.71. The molecular formula is C27H29NO5. The van der Waals surface area contributed by atoms with Crippen molar-refractivity contribution in [1.29, 1.82) is 0 Å². The van der Waals surface area contributed by atoms with Crippen LogP contribution in [0.4, 0.5) is 0 Å². The molecule has 0 fully saturated rings. The van der Waals surface area contributed by atoms with Crippen LogP contribution >= 0.6 is 0 Å². The smallest absolute Gasteiger partial charge is 0.337 e. The van der Waals surface area contributed by atoms with Crippen LogP contribution in [-0.4, -0.2) is 31.8 Å². The Balaban J connectivity index is 1.39. The van der Waals surface area contributed by atoms with Gasteiger partial charge >= 0.3 is 5.97 Å². The number of methoxy groups -OCH3 is 1. The normalized spacial score (nSPS) is 21.3. The van der Waals surface area contributed by atoms with E-state index >= 15 is 0 Å². The SMILES string of the molecule is COC(=O)C1=CO[C@@H](OCc2ccccc2)[C@@H]2C(CNC(=O)CCc3ccccc3)=CC[C@H]12. The zero-order valence-electron chi connectivity index (χ0n) is 18.7. The van der Waals surface area contributed by atoms with Crippen molar-refractivity contribution in [2.24, 2.45) is 11.8 Å². The topological polar surface area (TPSA) is 73.9 Å². The summed E-state index contributed by atoms with van der Waals surface area (Å²) in [6.45, 7) is 0.796. The summed E-state index contributed by atoms with van der Waals surface area (Å²) < 4.78 is 16.9. The molecule has 0 bridgehead atoms. The van der Waals surface area contributed by atoms with Gasteiger partial charge in [-0.05, 0) is 29.5 Å².